The molecule has 0 atom stereocenters. The van der Waals surface area contributed by atoms with Gasteiger partial charge in [0.2, 0.25) is 0 Å². The number of nitro benzene ring substituents is 1. The highest BCUT2D eigenvalue weighted by atomic mass is 32.1. The van der Waals surface area contributed by atoms with Gasteiger partial charge in [-0.1, -0.05) is 0 Å². The highest BCUT2D eigenvalue weighted by Crippen LogP contribution is 2.34. The lowest BCUT2D eigenvalue weighted by Gasteiger charge is -2.11. The molecule has 1 aromatic carbocycles. The summed E-state index contributed by atoms with van der Waals surface area (Å²) < 4.78 is 2.09. The molecule has 0 unspecified atom stereocenters. The van der Waals surface area contributed by atoms with Crippen LogP contribution < -0.4 is 5.43 Å². The lowest BCUT2D eigenvalue weighted by molar-refractivity contribution is -0.384. The average Bonchev–Trinajstić information content (AvgIpc) is 3.36. The lowest BCUT2D eigenvalue weighted by atomic mass is 10.0. The van der Waals surface area contributed by atoms with Crippen molar-refractivity contribution in [1.29, 1.82) is 0 Å². The predicted molar refractivity (Wildman–Crippen MR) is 121 cm³/mol. The van der Waals surface area contributed by atoms with Gasteiger partial charge in [-0.15, -0.1) is 11.3 Å². The van der Waals surface area contributed by atoms with Gasteiger partial charge in [-0.25, -0.2) is 10.4 Å². The van der Waals surface area contributed by atoms with Gasteiger partial charge in [-0.05, 0) is 49.9 Å². The molecule has 160 valence electrons. The van der Waals surface area contributed by atoms with Crippen molar-refractivity contribution < 1.29 is 9.72 Å². The Kier molecular flexibility index (Phi) is 5.20. The summed E-state index contributed by atoms with van der Waals surface area (Å²) in [4.78, 5) is 33.9. The van der Waals surface area contributed by atoms with Crippen LogP contribution in [0, 0.1) is 10.1 Å². The van der Waals surface area contributed by atoms with Gasteiger partial charge in [0.25, 0.3) is 11.6 Å². The minimum atomic E-state index is -0.428. The van der Waals surface area contributed by atoms with Crippen LogP contribution in [0.2, 0.25) is 0 Å². The maximum Gasteiger partial charge on any atom is 0.272 e. The van der Waals surface area contributed by atoms with E-state index in [1.165, 1.54) is 28.9 Å². The fourth-order valence-electron chi connectivity index (χ4n) is 3.85. The third-order valence-electron chi connectivity index (χ3n) is 5.38. The van der Waals surface area contributed by atoms with Gasteiger partial charge >= 0.3 is 0 Å². The summed E-state index contributed by atoms with van der Waals surface area (Å²) in [7, 11) is 0. The second-order valence-corrected chi connectivity index (χ2v) is 8.45. The number of aromatic nitrogens is 3. The zero-order valence-corrected chi connectivity index (χ0v) is 17.7. The maximum absolute atomic E-state index is 12.3. The molecule has 0 radical (unpaired) electrons. The first kappa shape index (κ1) is 20.0. The topological polar surface area (TPSA) is 115 Å². The number of thiazole rings is 1. The fraction of sp³-hybridized carbons (Fsp3) is 0.182. The van der Waals surface area contributed by atoms with Gasteiger partial charge < -0.3 is 0 Å². The molecule has 0 bridgehead atoms. The normalized spacial score (nSPS) is 13.4. The molecule has 0 spiro atoms. The number of carbonyl (C=O) groups is 1. The monoisotopic (exact) mass is 446 g/mol. The Morgan fingerprint density at radius 2 is 2.03 bits per heavy atom. The quantitative estimate of drug-likeness (QED) is 0.283. The maximum atomic E-state index is 12.3. The second kappa shape index (κ2) is 8.31. The van der Waals surface area contributed by atoms with E-state index >= 15 is 0 Å². The van der Waals surface area contributed by atoms with E-state index in [4.69, 9.17) is 4.98 Å². The van der Waals surface area contributed by atoms with Crippen LogP contribution >= 0.6 is 11.3 Å². The van der Waals surface area contributed by atoms with E-state index in [1.54, 1.807) is 48.0 Å². The fourth-order valence-corrected chi connectivity index (χ4v) is 5.06. The molecule has 3 heterocycles. The lowest BCUT2D eigenvalue weighted by Crippen LogP contribution is -2.18. The number of hydrazone groups is 1. The molecule has 0 aliphatic heterocycles. The molecule has 10 heteroatoms. The third-order valence-corrected chi connectivity index (χ3v) is 6.53. The van der Waals surface area contributed by atoms with Gasteiger partial charge in [0.1, 0.15) is 0 Å². The first-order valence-corrected chi connectivity index (χ1v) is 10.9. The number of nitrogens with zero attached hydrogens (tertiary/aromatic N) is 5. The third kappa shape index (κ3) is 3.65. The molecule has 0 saturated heterocycles. The molecular formula is C22H18N6O3S. The van der Waals surface area contributed by atoms with Gasteiger partial charge in [-0.3, -0.25) is 24.3 Å². The number of fused-ring (bicyclic) bond motifs is 3. The number of nitro groups is 1. The van der Waals surface area contributed by atoms with Crippen LogP contribution in [0.1, 0.15) is 39.5 Å². The number of imidazole rings is 1. The minimum Gasteiger partial charge on any atom is -0.285 e. The summed E-state index contributed by atoms with van der Waals surface area (Å²) in [6, 6.07) is 9.63. The molecule has 0 fully saturated rings. The van der Waals surface area contributed by atoms with Gasteiger partial charge in [0, 0.05) is 40.7 Å². The Morgan fingerprint density at radius 3 is 2.78 bits per heavy atom. The van der Waals surface area contributed by atoms with E-state index in [0.717, 1.165) is 41.9 Å². The van der Waals surface area contributed by atoms with Crippen LogP contribution in [-0.2, 0) is 12.8 Å². The minimum absolute atomic E-state index is 0.0195. The number of hydrogen-bond donors (Lipinski definition) is 1. The highest BCUT2D eigenvalue weighted by Gasteiger charge is 2.23. The van der Waals surface area contributed by atoms with Crippen LogP contribution in [0.3, 0.4) is 0 Å². The van der Waals surface area contributed by atoms with Crippen molar-refractivity contribution in [2.24, 2.45) is 5.10 Å². The Morgan fingerprint density at radius 1 is 1.22 bits per heavy atom. The van der Waals surface area contributed by atoms with Crippen molar-refractivity contribution >= 4 is 34.1 Å². The van der Waals surface area contributed by atoms with E-state index in [9.17, 15) is 14.9 Å². The van der Waals surface area contributed by atoms with Crippen molar-refractivity contribution in [3.63, 3.8) is 0 Å². The largest absolute Gasteiger partial charge is 0.285 e. The van der Waals surface area contributed by atoms with Crippen LogP contribution in [0.5, 0.6) is 0 Å². The van der Waals surface area contributed by atoms with Crippen LogP contribution in [0.4, 0.5) is 5.69 Å². The Bertz CT molecular complexity index is 1340. The summed E-state index contributed by atoms with van der Waals surface area (Å²) >= 11 is 1.66. The number of pyridine rings is 1. The molecule has 1 amide bonds. The molecule has 1 N–H and O–H groups in total. The Balaban J connectivity index is 1.55. The number of amides is 1. The number of aryl methyl sites for hydroxylation is 2. The molecule has 9 nitrogen and oxygen atoms in total. The first-order valence-electron chi connectivity index (χ1n) is 10.1. The number of carbonyl (C=O) groups excluding carboxylic acids is 1. The van der Waals surface area contributed by atoms with E-state index in [2.05, 4.69) is 19.9 Å². The molecule has 1 aliphatic carbocycles. The number of nitrogens with one attached hydrogen (secondary N) is 1. The number of non-ortho nitro benzene ring substituents is 1. The highest BCUT2D eigenvalue weighted by molar-refractivity contribution is 7.17. The smallest absolute Gasteiger partial charge is 0.272 e. The van der Waals surface area contributed by atoms with Gasteiger partial charge in [0.15, 0.2) is 4.96 Å². The van der Waals surface area contributed by atoms with E-state index in [1.807, 2.05) is 0 Å². The first-order chi connectivity index (χ1) is 15.6. The molecule has 32 heavy (non-hydrogen) atoms. The molecule has 3 aromatic heterocycles. The Labute approximate surface area is 186 Å². The number of hydrogen-bond acceptors (Lipinski definition) is 7. The second-order valence-electron chi connectivity index (χ2n) is 7.39. The van der Waals surface area contributed by atoms with Gasteiger partial charge in [0.05, 0.1) is 28.1 Å². The van der Waals surface area contributed by atoms with E-state index in [-0.39, 0.29) is 11.6 Å². The van der Waals surface area contributed by atoms with Crippen molar-refractivity contribution in [2.75, 3.05) is 0 Å². The van der Waals surface area contributed by atoms with Crippen LogP contribution in [0.15, 0.2) is 53.9 Å². The summed E-state index contributed by atoms with van der Waals surface area (Å²) in [5.74, 6) is -0.362. The zero-order valence-electron chi connectivity index (χ0n) is 16.9. The van der Waals surface area contributed by atoms with Crippen LogP contribution in [-0.4, -0.2) is 31.4 Å². The van der Waals surface area contributed by atoms with Crippen LogP contribution in [0.25, 0.3) is 16.2 Å². The SMILES string of the molecule is O=C(NN=Cc1c(-c2ccc([N+](=O)[O-])cc2)nc2sc3c(n12)CCCC3)c1cccnc1. The number of rotatable bonds is 5. The number of benzene rings is 1. The predicted octanol–water partition coefficient (Wildman–Crippen LogP) is 4.01. The zero-order chi connectivity index (χ0) is 22.1. The average molecular weight is 446 g/mol. The van der Waals surface area contributed by atoms with E-state index < -0.39 is 4.92 Å². The molecule has 1 aliphatic rings. The Hall–Kier alpha value is -3.92. The van der Waals surface area contributed by atoms with Gasteiger partial charge in [-0.2, -0.15) is 5.10 Å². The summed E-state index contributed by atoms with van der Waals surface area (Å²) in [5.41, 5.74) is 6.34. The molecule has 5 rings (SSSR count). The standard InChI is InChI=1S/C22H18N6O3S/c29-21(15-4-3-11-23-12-15)26-24-13-18-20(14-7-9-16(10-8-14)28(30)31)25-22-27(18)17-5-1-2-6-19(17)32-22/h3-4,7-13H,1-2,5-6H2,(H,26,29). The van der Waals surface area contributed by atoms with Crippen molar-refractivity contribution in [2.45, 2.75) is 25.7 Å². The summed E-state index contributed by atoms with van der Waals surface area (Å²) in [6.45, 7) is 0. The molecule has 4 aromatic rings. The molecule has 0 saturated carbocycles. The summed E-state index contributed by atoms with van der Waals surface area (Å²) in [6.07, 6.45) is 8.92. The summed E-state index contributed by atoms with van der Waals surface area (Å²) in [5, 5.41) is 15.2. The van der Waals surface area contributed by atoms with Crippen molar-refractivity contribution in [1.82, 2.24) is 19.8 Å². The molecular weight excluding hydrogens is 428 g/mol. The van der Waals surface area contributed by atoms with Crippen molar-refractivity contribution in [3.8, 4) is 11.3 Å². The van der Waals surface area contributed by atoms with Crippen molar-refractivity contribution in [3.05, 3.63) is 80.7 Å². The van der Waals surface area contributed by atoms with E-state index in [0.29, 0.717) is 11.3 Å².